The first kappa shape index (κ1) is 15.2. The summed E-state index contributed by atoms with van der Waals surface area (Å²) >= 11 is 0. The third-order valence-electron chi connectivity index (χ3n) is 1.99. The SMILES string of the molecule is CNC(=O)O/N=C/c1cccc(/C=N/OC(=O)NC)c1. The van der Waals surface area contributed by atoms with Crippen LogP contribution >= 0.6 is 0 Å². The molecule has 0 aliphatic carbocycles. The van der Waals surface area contributed by atoms with E-state index in [9.17, 15) is 9.59 Å². The molecule has 1 rings (SSSR count). The molecular formula is C12H14N4O4. The molecule has 1 aromatic carbocycles. The Morgan fingerprint density at radius 3 is 1.85 bits per heavy atom. The van der Waals surface area contributed by atoms with E-state index >= 15 is 0 Å². The first-order chi connectivity index (χ1) is 9.65. The molecule has 0 saturated heterocycles. The molecule has 2 N–H and O–H groups in total. The van der Waals surface area contributed by atoms with Gasteiger partial charge in [-0.05, 0) is 17.2 Å². The summed E-state index contributed by atoms with van der Waals surface area (Å²) < 4.78 is 0. The summed E-state index contributed by atoms with van der Waals surface area (Å²) in [4.78, 5) is 30.5. The average molecular weight is 278 g/mol. The number of nitrogens with one attached hydrogen (secondary N) is 2. The predicted molar refractivity (Wildman–Crippen MR) is 72.7 cm³/mol. The van der Waals surface area contributed by atoms with Gasteiger partial charge in [0.25, 0.3) is 0 Å². The Balaban J connectivity index is 2.61. The summed E-state index contributed by atoms with van der Waals surface area (Å²) in [5.41, 5.74) is 1.38. The summed E-state index contributed by atoms with van der Waals surface area (Å²) in [5, 5.41) is 11.5. The van der Waals surface area contributed by atoms with Gasteiger partial charge in [-0.1, -0.05) is 28.5 Å². The number of amides is 2. The van der Waals surface area contributed by atoms with Crippen LogP contribution in [0.4, 0.5) is 9.59 Å². The fourth-order valence-corrected chi connectivity index (χ4v) is 1.08. The average Bonchev–Trinajstić information content (AvgIpc) is 2.47. The van der Waals surface area contributed by atoms with Gasteiger partial charge in [-0.3, -0.25) is 9.68 Å². The van der Waals surface area contributed by atoms with E-state index in [1.807, 2.05) is 0 Å². The maximum Gasteiger partial charge on any atom is 0.433 e. The Hall–Kier alpha value is -2.90. The van der Waals surface area contributed by atoms with Crippen molar-refractivity contribution in [3.8, 4) is 0 Å². The van der Waals surface area contributed by atoms with Crippen LogP contribution in [0, 0.1) is 0 Å². The molecule has 0 fully saturated rings. The van der Waals surface area contributed by atoms with Gasteiger partial charge in [0.15, 0.2) is 0 Å². The number of rotatable bonds is 4. The predicted octanol–water partition coefficient (Wildman–Crippen LogP) is 1.07. The first-order valence-electron chi connectivity index (χ1n) is 5.60. The summed E-state index contributed by atoms with van der Waals surface area (Å²) in [6, 6.07) is 6.98. The van der Waals surface area contributed by atoms with Crippen molar-refractivity contribution in [2.24, 2.45) is 10.3 Å². The van der Waals surface area contributed by atoms with Crippen LogP contribution in [-0.2, 0) is 9.68 Å². The summed E-state index contributed by atoms with van der Waals surface area (Å²) in [5.74, 6) is 0. The van der Waals surface area contributed by atoms with Gasteiger partial charge in [0.1, 0.15) is 0 Å². The molecule has 2 amide bonds. The third kappa shape index (κ3) is 5.63. The van der Waals surface area contributed by atoms with E-state index in [1.54, 1.807) is 24.3 Å². The topological polar surface area (TPSA) is 101 Å². The van der Waals surface area contributed by atoms with Crippen LogP contribution in [0.3, 0.4) is 0 Å². The quantitative estimate of drug-likeness (QED) is 0.488. The second-order valence-corrected chi connectivity index (χ2v) is 3.40. The molecule has 0 aromatic heterocycles. The van der Waals surface area contributed by atoms with Gasteiger partial charge in [0.05, 0.1) is 12.4 Å². The number of nitrogens with zero attached hydrogens (tertiary/aromatic N) is 2. The minimum absolute atomic E-state index is 0.655. The number of carbonyl (C=O) groups is 2. The summed E-state index contributed by atoms with van der Waals surface area (Å²) in [7, 11) is 2.86. The molecule has 20 heavy (non-hydrogen) atoms. The smallest absolute Gasteiger partial charge is 0.323 e. The fourth-order valence-electron chi connectivity index (χ4n) is 1.08. The standard InChI is InChI=1S/C12H14N4O4/c1-13-11(17)19-15-7-9-4-3-5-10(6-9)8-16-20-12(18)14-2/h3-8H,1-2H3,(H,13,17)(H,14,18)/b15-7+,16-8+. The molecule has 0 unspecified atom stereocenters. The highest BCUT2D eigenvalue weighted by molar-refractivity contribution is 5.86. The Morgan fingerprint density at radius 1 is 1.00 bits per heavy atom. The van der Waals surface area contributed by atoms with E-state index in [1.165, 1.54) is 26.5 Å². The lowest BCUT2D eigenvalue weighted by Crippen LogP contribution is -2.16. The summed E-state index contributed by atoms with van der Waals surface area (Å²) in [6.45, 7) is 0. The number of hydrogen-bond acceptors (Lipinski definition) is 6. The van der Waals surface area contributed by atoms with Crippen molar-refractivity contribution >= 4 is 24.6 Å². The molecule has 0 saturated carbocycles. The lowest BCUT2D eigenvalue weighted by molar-refractivity contribution is 0.153. The van der Waals surface area contributed by atoms with Gasteiger partial charge in [0.2, 0.25) is 0 Å². The van der Waals surface area contributed by atoms with Gasteiger partial charge in [0, 0.05) is 14.1 Å². The molecule has 0 atom stereocenters. The van der Waals surface area contributed by atoms with Gasteiger partial charge >= 0.3 is 12.2 Å². The Labute approximate surface area is 115 Å². The lowest BCUT2D eigenvalue weighted by Gasteiger charge is -1.97. The van der Waals surface area contributed by atoms with Crippen LogP contribution in [-0.4, -0.2) is 38.7 Å². The van der Waals surface area contributed by atoms with E-state index in [-0.39, 0.29) is 0 Å². The van der Waals surface area contributed by atoms with Gasteiger partial charge in [-0.15, -0.1) is 0 Å². The maximum absolute atomic E-state index is 10.8. The lowest BCUT2D eigenvalue weighted by atomic mass is 10.1. The monoisotopic (exact) mass is 278 g/mol. The normalized spacial score (nSPS) is 10.5. The van der Waals surface area contributed by atoms with Crippen LogP contribution < -0.4 is 10.6 Å². The van der Waals surface area contributed by atoms with Crippen molar-refractivity contribution in [2.45, 2.75) is 0 Å². The van der Waals surface area contributed by atoms with Crippen molar-refractivity contribution in [1.29, 1.82) is 0 Å². The molecule has 0 bridgehead atoms. The minimum Gasteiger partial charge on any atom is -0.323 e. The zero-order chi connectivity index (χ0) is 14.8. The molecule has 8 nitrogen and oxygen atoms in total. The van der Waals surface area contributed by atoms with Crippen LogP contribution in [0.15, 0.2) is 34.6 Å². The van der Waals surface area contributed by atoms with Gasteiger partial charge in [-0.2, -0.15) is 0 Å². The molecule has 0 aliphatic rings. The number of benzene rings is 1. The zero-order valence-corrected chi connectivity index (χ0v) is 11.0. The third-order valence-corrected chi connectivity index (χ3v) is 1.99. The first-order valence-corrected chi connectivity index (χ1v) is 5.60. The van der Waals surface area contributed by atoms with Crippen LogP contribution in [0.1, 0.15) is 11.1 Å². The molecule has 1 aromatic rings. The number of hydrogen-bond donors (Lipinski definition) is 2. The van der Waals surface area contributed by atoms with Crippen molar-refractivity contribution in [3.63, 3.8) is 0 Å². The van der Waals surface area contributed by atoms with Crippen molar-refractivity contribution in [1.82, 2.24) is 10.6 Å². The molecule has 106 valence electrons. The van der Waals surface area contributed by atoms with E-state index in [2.05, 4.69) is 30.6 Å². The second-order valence-electron chi connectivity index (χ2n) is 3.40. The molecule has 0 spiro atoms. The van der Waals surface area contributed by atoms with E-state index < -0.39 is 12.2 Å². The Kier molecular flexibility index (Phi) is 6.25. The van der Waals surface area contributed by atoms with Gasteiger partial charge < -0.3 is 10.6 Å². The fraction of sp³-hybridized carbons (Fsp3) is 0.167. The van der Waals surface area contributed by atoms with E-state index in [4.69, 9.17) is 0 Å². The molecule has 0 radical (unpaired) electrons. The zero-order valence-electron chi connectivity index (χ0n) is 11.0. The largest absolute Gasteiger partial charge is 0.433 e. The molecule has 8 heteroatoms. The molecule has 0 aliphatic heterocycles. The van der Waals surface area contributed by atoms with Crippen LogP contribution in [0.25, 0.3) is 0 Å². The van der Waals surface area contributed by atoms with Crippen LogP contribution in [0.2, 0.25) is 0 Å². The van der Waals surface area contributed by atoms with Crippen molar-refractivity contribution in [3.05, 3.63) is 35.4 Å². The summed E-state index contributed by atoms with van der Waals surface area (Å²) in [6.07, 6.45) is 1.43. The van der Waals surface area contributed by atoms with E-state index in [0.717, 1.165) is 0 Å². The molecule has 0 heterocycles. The van der Waals surface area contributed by atoms with Crippen molar-refractivity contribution < 1.29 is 19.3 Å². The van der Waals surface area contributed by atoms with Crippen molar-refractivity contribution in [2.75, 3.05) is 14.1 Å². The minimum atomic E-state index is -0.655. The number of oxime groups is 2. The highest BCUT2D eigenvalue weighted by Crippen LogP contribution is 2.01. The van der Waals surface area contributed by atoms with Crippen LogP contribution in [0.5, 0.6) is 0 Å². The molecular weight excluding hydrogens is 264 g/mol. The maximum atomic E-state index is 10.8. The number of carbonyl (C=O) groups excluding carboxylic acids is 2. The Morgan fingerprint density at radius 2 is 1.45 bits per heavy atom. The van der Waals surface area contributed by atoms with E-state index in [0.29, 0.717) is 11.1 Å². The Bertz CT molecular complexity index is 485. The highest BCUT2D eigenvalue weighted by Gasteiger charge is 1.96. The highest BCUT2D eigenvalue weighted by atomic mass is 16.7. The second kappa shape index (κ2) is 8.25. The van der Waals surface area contributed by atoms with Gasteiger partial charge in [-0.25, -0.2) is 9.59 Å².